The summed E-state index contributed by atoms with van der Waals surface area (Å²) in [6, 6.07) is 6.14. The Hall–Kier alpha value is -2.09. The highest BCUT2D eigenvalue weighted by Crippen LogP contribution is 2.30. The Balaban J connectivity index is 2.24. The maximum absolute atomic E-state index is 13.1. The van der Waals surface area contributed by atoms with E-state index in [0.717, 1.165) is 0 Å². The lowest BCUT2D eigenvalue weighted by molar-refractivity contribution is -0.142. The third-order valence-corrected chi connectivity index (χ3v) is 3.61. The van der Waals surface area contributed by atoms with Gasteiger partial charge in [0.1, 0.15) is 11.9 Å². The molecule has 1 fully saturated rings. The van der Waals surface area contributed by atoms with Gasteiger partial charge in [-0.15, -0.1) is 0 Å². The number of nitrogens with zero attached hydrogens (tertiary/aromatic N) is 2. The molecule has 4 nitrogen and oxygen atoms in total. The zero-order valence-electron chi connectivity index (χ0n) is 10.6. The van der Waals surface area contributed by atoms with Gasteiger partial charge in [0.25, 0.3) is 0 Å². The maximum Gasteiger partial charge on any atom is 0.306 e. The Morgan fingerprint density at radius 3 is 2.89 bits per heavy atom. The van der Waals surface area contributed by atoms with Crippen LogP contribution >= 0.6 is 0 Å². The summed E-state index contributed by atoms with van der Waals surface area (Å²) >= 11 is 0. The molecule has 19 heavy (non-hydrogen) atoms. The van der Waals surface area contributed by atoms with Crippen molar-refractivity contribution in [3.8, 4) is 6.07 Å². The van der Waals surface area contributed by atoms with Crippen LogP contribution in [-0.4, -0.2) is 23.7 Å². The van der Waals surface area contributed by atoms with Crippen molar-refractivity contribution in [1.29, 1.82) is 5.26 Å². The Morgan fingerprint density at radius 1 is 1.58 bits per heavy atom. The van der Waals surface area contributed by atoms with Gasteiger partial charge < -0.3 is 10.0 Å². The first-order valence-corrected chi connectivity index (χ1v) is 6.22. The lowest BCUT2D eigenvalue weighted by Crippen LogP contribution is -2.43. The molecule has 1 aliphatic rings. The van der Waals surface area contributed by atoms with Crippen molar-refractivity contribution >= 4 is 11.7 Å². The van der Waals surface area contributed by atoms with Crippen LogP contribution in [0.2, 0.25) is 0 Å². The predicted molar refractivity (Wildman–Crippen MR) is 68.3 cm³/mol. The first-order valence-electron chi connectivity index (χ1n) is 6.22. The van der Waals surface area contributed by atoms with Crippen LogP contribution in [0.15, 0.2) is 18.2 Å². The second kappa shape index (κ2) is 5.27. The highest BCUT2D eigenvalue weighted by atomic mass is 19.1. The fourth-order valence-electron chi connectivity index (χ4n) is 2.60. The molecular formula is C14H15FN2O2. The number of carbonyl (C=O) groups is 1. The molecule has 1 heterocycles. The number of piperidine rings is 1. The highest BCUT2D eigenvalue weighted by Gasteiger charge is 2.30. The van der Waals surface area contributed by atoms with E-state index < -0.39 is 11.8 Å². The van der Waals surface area contributed by atoms with Gasteiger partial charge in [-0.3, -0.25) is 4.79 Å². The molecule has 0 spiro atoms. The molecule has 1 aromatic rings. The number of anilines is 1. The number of hydrogen-bond acceptors (Lipinski definition) is 3. The second-order valence-electron chi connectivity index (χ2n) is 4.88. The van der Waals surface area contributed by atoms with Crippen molar-refractivity contribution in [2.75, 3.05) is 11.4 Å². The molecule has 0 aliphatic carbocycles. The smallest absolute Gasteiger partial charge is 0.306 e. The van der Waals surface area contributed by atoms with Gasteiger partial charge in [-0.25, -0.2) is 4.39 Å². The maximum atomic E-state index is 13.1. The van der Waals surface area contributed by atoms with Crippen LogP contribution in [-0.2, 0) is 4.79 Å². The molecule has 2 unspecified atom stereocenters. The Morgan fingerprint density at radius 2 is 2.32 bits per heavy atom. The van der Waals surface area contributed by atoms with Gasteiger partial charge in [0.2, 0.25) is 0 Å². The molecule has 1 saturated heterocycles. The molecule has 1 N–H and O–H groups in total. The first-order chi connectivity index (χ1) is 9.02. The minimum absolute atomic E-state index is 0.0208. The lowest BCUT2D eigenvalue weighted by atomic mass is 9.91. The lowest BCUT2D eigenvalue weighted by Gasteiger charge is -2.38. The van der Waals surface area contributed by atoms with E-state index in [1.54, 1.807) is 6.07 Å². The molecule has 100 valence electrons. The zero-order valence-corrected chi connectivity index (χ0v) is 10.6. The van der Waals surface area contributed by atoms with Crippen molar-refractivity contribution in [2.24, 2.45) is 5.92 Å². The zero-order chi connectivity index (χ0) is 14.0. The van der Waals surface area contributed by atoms with Crippen LogP contribution in [0.5, 0.6) is 0 Å². The summed E-state index contributed by atoms with van der Waals surface area (Å²) in [6.07, 6.45) is 1.08. The van der Waals surface area contributed by atoms with Crippen LogP contribution in [0.1, 0.15) is 25.3 Å². The summed E-state index contributed by atoms with van der Waals surface area (Å²) < 4.78 is 13.1. The average Bonchev–Trinajstić information content (AvgIpc) is 2.38. The summed E-state index contributed by atoms with van der Waals surface area (Å²) in [5.74, 6) is -1.54. The molecule has 0 saturated carbocycles. The molecule has 2 rings (SSSR count). The van der Waals surface area contributed by atoms with E-state index in [-0.39, 0.29) is 12.0 Å². The fourth-order valence-corrected chi connectivity index (χ4v) is 2.60. The van der Waals surface area contributed by atoms with E-state index in [1.807, 2.05) is 17.9 Å². The number of nitriles is 1. The van der Waals surface area contributed by atoms with Crippen LogP contribution in [0.25, 0.3) is 0 Å². The van der Waals surface area contributed by atoms with Gasteiger partial charge in [-0.2, -0.15) is 5.26 Å². The summed E-state index contributed by atoms with van der Waals surface area (Å²) in [4.78, 5) is 13.0. The van der Waals surface area contributed by atoms with Crippen molar-refractivity contribution in [3.05, 3.63) is 29.6 Å². The number of aliphatic carboxylic acids is 1. The molecule has 0 radical (unpaired) electrons. The van der Waals surface area contributed by atoms with E-state index in [4.69, 9.17) is 10.4 Å². The number of benzene rings is 1. The van der Waals surface area contributed by atoms with Gasteiger partial charge in [0.15, 0.2) is 0 Å². The van der Waals surface area contributed by atoms with Gasteiger partial charge in [-0.1, -0.05) is 0 Å². The molecule has 0 bridgehead atoms. The topological polar surface area (TPSA) is 64.3 Å². The fraction of sp³-hybridized carbons (Fsp3) is 0.429. The number of rotatable bonds is 2. The minimum atomic E-state index is -0.772. The normalized spacial score (nSPS) is 22.9. The summed E-state index contributed by atoms with van der Waals surface area (Å²) in [7, 11) is 0. The van der Waals surface area contributed by atoms with E-state index >= 15 is 0 Å². The minimum Gasteiger partial charge on any atom is -0.481 e. The van der Waals surface area contributed by atoms with Gasteiger partial charge in [0.05, 0.1) is 17.2 Å². The summed E-state index contributed by atoms with van der Waals surface area (Å²) in [5, 5.41) is 18.1. The third kappa shape index (κ3) is 2.68. The molecule has 1 aliphatic heterocycles. The van der Waals surface area contributed by atoms with E-state index in [2.05, 4.69) is 0 Å². The molecule has 2 atom stereocenters. The number of halogens is 1. The van der Waals surface area contributed by atoms with E-state index in [9.17, 15) is 9.18 Å². The molecule has 0 amide bonds. The van der Waals surface area contributed by atoms with Crippen LogP contribution in [0.3, 0.4) is 0 Å². The van der Waals surface area contributed by atoms with Gasteiger partial charge in [0, 0.05) is 12.6 Å². The predicted octanol–water partition coefficient (Wildman–Crippen LogP) is 2.39. The van der Waals surface area contributed by atoms with Crippen molar-refractivity contribution in [2.45, 2.75) is 25.8 Å². The van der Waals surface area contributed by atoms with Crippen molar-refractivity contribution in [1.82, 2.24) is 0 Å². The quantitative estimate of drug-likeness (QED) is 0.888. The molecule has 1 aromatic carbocycles. The van der Waals surface area contributed by atoms with Crippen LogP contribution in [0, 0.1) is 23.1 Å². The number of hydrogen-bond donors (Lipinski definition) is 1. The number of carboxylic acids is 1. The Labute approximate surface area is 111 Å². The largest absolute Gasteiger partial charge is 0.481 e. The SMILES string of the molecule is CC1CC(C(=O)O)CCN1c1ccc(F)cc1C#N. The van der Waals surface area contributed by atoms with Crippen molar-refractivity contribution < 1.29 is 14.3 Å². The van der Waals surface area contributed by atoms with E-state index in [1.165, 1.54) is 12.1 Å². The monoisotopic (exact) mass is 262 g/mol. The standard InChI is InChI=1S/C14H15FN2O2/c1-9-6-10(14(18)19)4-5-17(9)13-3-2-12(15)7-11(13)8-16/h2-3,7,9-10H,4-6H2,1H3,(H,18,19). The van der Waals surface area contributed by atoms with E-state index in [0.29, 0.717) is 30.6 Å². The van der Waals surface area contributed by atoms with Crippen molar-refractivity contribution in [3.63, 3.8) is 0 Å². The highest BCUT2D eigenvalue weighted by molar-refractivity contribution is 5.71. The van der Waals surface area contributed by atoms with Gasteiger partial charge >= 0.3 is 5.97 Å². The first kappa shape index (κ1) is 13.3. The molecular weight excluding hydrogens is 247 g/mol. The Kier molecular flexibility index (Phi) is 3.70. The van der Waals surface area contributed by atoms with Gasteiger partial charge in [-0.05, 0) is 38.0 Å². The average molecular weight is 262 g/mol. The summed E-state index contributed by atoms with van der Waals surface area (Å²) in [6.45, 7) is 2.50. The second-order valence-corrected chi connectivity index (χ2v) is 4.88. The molecule has 5 heteroatoms. The van der Waals surface area contributed by atoms with Crippen LogP contribution < -0.4 is 4.90 Å². The summed E-state index contributed by atoms with van der Waals surface area (Å²) in [5.41, 5.74) is 0.973. The molecule has 0 aromatic heterocycles. The van der Waals surface area contributed by atoms with Crippen LogP contribution in [0.4, 0.5) is 10.1 Å². The third-order valence-electron chi connectivity index (χ3n) is 3.61. The number of carboxylic acid groups (broad SMARTS) is 1. The Bertz CT molecular complexity index is 539.